The van der Waals surface area contributed by atoms with Gasteiger partial charge >= 0.3 is 0 Å². The monoisotopic (exact) mass is 252 g/mol. The summed E-state index contributed by atoms with van der Waals surface area (Å²) >= 11 is 5.64. The smallest absolute Gasteiger partial charge is 0.251 e. The highest BCUT2D eigenvalue weighted by atomic mass is 35.5. The Morgan fingerprint density at radius 2 is 2.29 bits per heavy atom. The highest BCUT2D eigenvalue weighted by Gasteiger charge is 2.08. The number of pyridine rings is 1. The van der Waals surface area contributed by atoms with Gasteiger partial charge in [-0.15, -0.1) is 11.6 Å². The van der Waals surface area contributed by atoms with Crippen LogP contribution in [0.5, 0.6) is 0 Å². The minimum absolute atomic E-state index is 0.0666. The maximum Gasteiger partial charge on any atom is 0.251 e. The number of nitrogens with zero attached hydrogens (tertiary/aromatic N) is 2. The van der Waals surface area contributed by atoms with E-state index in [1.165, 1.54) is 12.3 Å². The predicted molar refractivity (Wildman–Crippen MR) is 66.1 cm³/mol. The third-order valence-electron chi connectivity index (χ3n) is 2.44. The van der Waals surface area contributed by atoms with E-state index in [0.29, 0.717) is 23.0 Å². The minimum Gasteiger partial charge on any atom is -0.444 e. The topological polar surface area (TPSA) is 48.0 Å². The normalized spacial score (nSPS) is 11.1. The van der Waals surface area contributed by atoms with Crippen LogP contribution in [0, 0.1) is 0 Å². The fourth-order valence-corrected chi connectivity index (χ4v) is 1.67. The molecule has 2 aromatic heterocycles. The maximum absolute atomic E-state index is 11.8. The van der Waals surface area contributed by atoms with Gasteiger partial charge in [-0.2, -0.15) is 0 Å². The third kappa shape index (κ3) is 2.42. The standard InChI is InChI=1S/C12H13ClN2O2/c1-8(2)15-4-3-9(5-11(15)16)12-14-10(6-13)7-17-12/h3-5,7-8H,6H2,1-2H3. The summed E-state index contributed by atoms with van der Waals surface area (Å²) in [4.78, 5) is 16.0. The largest absolute Gasteiger partial charge is 0.444 e. The van der Waals surface area contributed by atoms with Gasteiger partial charge in [0, 0.05) is 23.9 Å². The molecule has 2 heterocycles. The second-order valence-corrected chi connectivity index (χ2v) is 4.30. The fraction of sp³-hybridized carbons (Fsp3) is 0.333. The average molecular weight is 253 g/mol. The van der Waals surface area contributed by atoms with Crippen LogP contribution in [0.15, 0.2) is 33.8 Å². The number of hydrogen-bond donors (Lipinski definition) is 0. The van der Waals surface area contributed by atoms with Crippen molar-refractivity contribution in [3.8, 4) is 11.5 Å². The first-order valence-electron chi connectivity index (χ1n) is 5.34. The third-order valence-corrected chi connectivity index (χ3v) is 2.71. The lowest BCUT2D eigenvalue weighted by molar-refractivity contribution is 0.566. The fourth-order valence-electron chi connectivity index (χ4n) is 1.55. The van der Waals surface area contributed by atoms with E-state index in [1.54, 1.807) is 10.8 Å². The van der Waals surface area contributed by atoms with Crippen molar-refractivity contribution >= 4 is 11.6 Å². The molecule has 0 fully saturated rings. The van der Waals surface area contributed by atoms with Crippen LogP contribution in [0.25, 0.3) is 11.5 Å². The van der Waals surface area contributed by atoms with Gasteiger partial charge < -0.3 is 8.98 Å². The first kappa shape index (κ1) is 11.9. The van der Waals surface area contributed by atoms with Gasteiger partial charge in [0.2, 0.25) is 5.89 Å². The van der Waals surface area contributed by atoms with Crippen LogP contribution in [0.3, 0.4) is 0 Å². The molecule has 0 amide bonds. The van der Waals surface area contributed by atoms with Crippen LogP contribution < -0.4 is 5.56 Å². The lowest BCUT2D eigenvalue weighted by atomic mass is 10.2. The van der Waals surface area contributed by atoms with E-state index in [0.717, 1.165) is 0 Å². The van der Waals surface area contributed by atoms with Crippen LogP contribution in [0.1, 0.15) is 25.6 Å². The second kappa shape index (κ2) is 4.75. The Balaban J connectivity index is 2.41. The van der Waals surface area contributed by atoms with Crippen molar-refractivity contribution in [1.82, 2.24) is 9.55 Å². The first-order chi connectivity index (χ1) is 8.11. The van der Waals surface area contributed by atoms with Gasteiger partial charge in [-0.05, 0) is 19.9 Å². The number of hydrogen-bond acceptors (Lipinski definition) is 3. The summed E-state index contributed by atoms with van der Waals surface area (Å²) in [6.45, 7) is 3.91. The molecule has 0 radical (unpaired) electrons. The Labute approximate surface area is 104 Å². The summed E-state index contributed by atoms with van der Waals surface area (Å²) in [7, 11) is 0. The van der Waals surface area contributed by atoms with Crippen molar-refractivity contribution in [3.63, 3.8) is 0 Å². The van der Waals surface area contributed by atoms with E-state index in [2.05, 4.69) is 4.98 Å². The summed E-state index contributed by atoms with van der Waals surface area (Å²) in [6.07, 6.45) is 3.24. The van der Waals surface area contributed by atoms with E-state index in [1.807, 2.05) is 19.9 Å². The SMILES string of the molecule is CC(C)n1ccc(-c2nc(CCl)co2)cc1=O. The molecular formula is C12H13ClN2O2. The van der Waals surface area contributed by atoms with Crippen LogP contribution in [0.2, 0.25) is 0 Å². The van der Waals surface area contributed by atoms with Gasteiger partial charge in [0.1, 0.15) is 6.26 Å². The molecule has 17 heavy (non-hydrogen) atoms. The lowest BCUT2D eigenvalue weighted by Gasteiger charge is -2.08. The highest BCUT2D eigenvalue weighted by Crippen LogP contribution is 2.17. The molecule has 0 aliphatic carbocycles. The minimum atomic E-state index is -0.0666. The van der Waals surface area contributed by atoms with Crippen LogP contribution in [-0.2, 0) is 5.88 Å². The summed E-state index contributed by atoms with van der Waals surface area (Å²) in [5, 5.41) is 0. The molecule has 0 atom stereocenters. The van der Waals surface area contributed by atoms with Crippen molar-refractivity contribution in [1.29, 1.82) is 0 Å². The molecule has 0 unspecified atom stereocenters. The number of halogens is 1. The van der Waals surface area contributed by atoms with Crippen LogP contribution in [0.4, 0.5) is 0 Å². The highest BCUT2D eigenvalue weighted by molar-refractivity contribution is 6.16. The van der Waals surface area contributed by atoms with Crippen LogP contribution in [-0.4, -0.2) is 9.55 Å². The molecule has 0 saturated carbocycles. The molecule has 2 rings (SSSR count). The molecule has 0 saturated heterocycles. The Hall–Kier alpha value is -1.55. The van der Waals surface area contributed by atoms with E-state index in [-0.39, 0.29) is 11.6 Å². The number of rotatable bonds is 3. The van der Waals surface area contributed by atoms with Gasteiger partial charge in [-0.1, -0.05) is 0 Å². The summed E-state index contributed by atoms with van der Waals surface area (Å²) in [5.41, 5.74) is 1.26. The van der Waals surface area contributed by atoms with Gasteiger partial charge in [0.05, 0.1) is 11.6 Å². The first-order valence-corrected chi connectivity index (χ1v) is 5.88. The molecule has 4 nitrogen and oxygen atoms in total. The molecule has 0 aliphatic heterocycles. The number of alkyl halides is 1. The van der Waals surface area contributed by atoms with Crippen molar-refractivity contribution in [2.45, 2.75) is 25.8 Å². The van der Waals surface area contributed by atoms with E-state index in [9.17, 15) is 4.79 Å². The molecule has 0 bridgehead atoms. The summed E-state index contributed by atoms with van der Waals surface area (Å²) in [5.74, 6) is 0.723. The number of oxazole rings is 1. The molecule has 0 aromatic carbocycles. The van der Waals surface area contributed by atoms with Crippen molar-refractivity contribution in [2.75, 3.05) is 0 Å². The zero-order valence-corrected chi connectivity index (χ0v) is 10.4. The lowest BCUT2D eigenvalue weighted by Crippen LogP contribution is -2.20. The summed E-state index contributed by atoms with van der Waals surface area (Å²) < 4.78 is 6.90. The Morgan fingerprint density at radius 1 is 1.53 bits per heavy atom. The predicted octanol–water partition coefficient (Wildman–Crippen LogP) is 2.82. The average Bonchev–Trinajstić information content (AvgIpc) is 2.76. The zero-order valence-electron chi connectivity index (χ0n) is 9.68. The molecular weight excluding hydrogens is 240 g/mol. The van der Waals surface area contributed by atoms with E-state index in [4.69, 9.17) is 16.0 Å². The van der Waals surface area contributed by atoms with Crippen molar-refractivity contribution < 1.29 is 4.42 Å². The van der Waals surface area contributed by atoms with Gasteiger partial charge in [0.25, 0.3) is 5.56 Å². The quantitative estimate of drug-likeness (QED) is 0.790. The molecule has 0 N–H and O–H groups in total. The Bertz CT molecular complexity index is 572. The van der Waals surface area contributed by atoms with Gasteiger partial charge in [0.15, 0.2) is 0 Å². The van der Waals surface area contributed by atoms with Crippen molar-refractivity contribution in [2.24, 2.45) is 0 Å². The van der Waals surface area contributed by atoms with E-state index >= 15 is 0 Å². The molecule has 90 valence electrons. The zero-order chi connectivity index (χ0) is 12.4. The molecule has 0 aliphatic rings. The molecule has 0 spiro atoms. The maximum atomic E-state index is 11.8. The Morgan fingerprint density at radius 3 is 2.82 bits per heavy atom. The van der Waals surface area contributed by atoms with Gasteiger partial charge in [-0.3, -0.25) is 4.79 Å². The Kier molecular flexibility index (Phi) is 3.33. The molecule has 2 aromatic rings. The van der Waals surface area contributed by atoms with Crippen LogP contribution >= 0.6 is 11.6 Å². The van der Waals surface area contributed by atoms with Gasteiger partial charge in [-0.25, -0.2) is 4.98 Å². The number of aromatic nitrogens is 2. The van der Waals surface area contributed by atoms with Crippen molar-refractivity contribution in [3.05, 3.63) is 40.6 Å². The van der Waals surface area contributed by atoms with E-state index < -0.39 is 0 Å². The molecule has 5 heteroatoms. The summed E-state index contributed by atoms with van der Waals surface area (Å²) in [6, 6.07) is 3.47. The second-order valence-electron chi connectivity index (χ2n) is 4.03.